The molecule has 1 aliphatic heterocycles. The third-order valence-electron chi connectivity index (χ3n) is 2.75. The quantitative estimate of drug-likeness (QED) is 0.749. The Morgan fingerprint density at radius 1 is 1.76 bits per heavy atom. The summed E-state index contributed by atoms with van der Waals surface area (Å²) in [6.45, 7) is 4.09. The molecule has 17 heavy (non-hydrogen) atoms. The topological polar surface area (TPSA) is 65.4 Å². The number of hydroxylamine groups is 1. The Balaban J connectivity index is 1.65. The van der Waals surface area contributed by atoms with Crippen molar-refractivity contribution in [2.75, 3.05) is 19.8 Å². The Morgan fingerprint density at radius 3 is 3.29 bits per heavy atom. The largest absolute Gasteiger partial charge is 0.381 e. The monoisotopic (exact) mass is 239 g/mol. The second kappa shape index (κ2) is 5.79. The summed E-state index contributed by atoms with van der Waals surface area (Å²) in [5, 5.41) is 4.02. The van der Waals surface area contributed by atoms with Crippen molar-refractivity contribution in [1.82, 2.24) is 15.3 Å². The smallest absolute Gasteiger partial charge is 0.265 e. The molecule has 0 spiro atoms. The van der Waals surface area contributed by atoms with Crippen molar-refractivity contribution in [2.24, 2.45) is 5.92 Å². The predicted molar refractivity (Wildman–Crippen MR) is 60.0 cm³/mol. The minimum atomic E-state index is -0.198. The zero-order valence-corrected chi connectivity index (χ0v) is 9.89. The molecule has 6 nitrogen and oxygen atoms in total. The van der Waals surface area contributed by atoms with Gasteiger partial charge in [0.2, 0.25) is 0 Å². The first kappa shape index (κ1) is 12.1. The number of ether oxygens (including phenoxy) is 1. The third kappa shape index (κ3) is 3.54. The van der Waals surface area contributed by atoms with Gasteiger partial charge in [-0.3, -0.25) is 14.3 Å². The van der Waals surface area contributed by atoms with Gasteiger partial charge < -0.3 is 4.74 Å². The van der Waals surface area contributed by atoms with E-state index in [-0.39, 0.29) is 12.5 Å². The third-order valence-corrected chi connectivity index (χ3v) is 2.75. The molecule has 1 amide bonds. The second-order valence-electron chi connectivity index (χ2n) is 4.20. The average molecular weight is 239 g/mol. The van der Waals surface area contributed by atoms with E-state index < -0.39 is 0 Å². The average Bonchev–Trinajstić information content (AvgIpc) is 2.92. The van der Waals surface area contributed by atoms with Crippen LogP contribution in [0.2, 0.25) is 0 Å². The lowest BCUT2D eigenvalue weighted by Crippen LogP contribution is -2.30. The van der Waals surface area contributed by atoms with Gasteiger partial charge in [-0.15, -0.1) is 0 Å². The Kier molecular flexibility index (Phi) is 4.11. The van der Waals surface area contributed by atoms with Crippen molar-refractivity contribution < 1.29 is 14.4 Å². The number of aryl methyl sites for hydroxylation is 1. The highest BCUT2D eigenvalue weighted by molar-refractivity contribution is 5.74. The molecule has 0 radical (unpaired) electrons. The lowest BCUT2D eigenvalue weighted by atomic mass is 10.1. The van der Waals surface area contributed by atoms with Crippen molar-refractivity contribution in [3.8, 4) is 0 Å². The van der Waals surface area contributed by atoms with E-state index in [9.17, 15) is 4.79 Å². The van der Waals surface area contributed by atoms with Gasteiger partial charge in [0.05, 0.1) is 13.2 Å². The summed E-state index contributed by atoms with van der Waals surface area (Å²) in [4.78, 5) is 16.7. The van der Waals surface area contributed by atoms with Gasteiger partial charge in [0, 0.05) is 24.4 Å². The van der Waals surface area contributed by atoms with Gasteiger partial charge in [-0.1, -0.05) is 0 Å². The van der Waals surface area contributed by atoms with Gasteiger partial charge >= 0.3 is 0 Å². The molecule has 6 heteroatoms. The van der Waals surface area contributed by atoms with Crippen LogP contribution in [0, 0.1) is 12.8 Å². The molecule has 94 valence electrons. The summed E-state index contributed by atoms with van der Waals surface area (Å²) in [6.07, 6.45) is 2.66. The zero-order chi connectivity index (χ0) is 12.1. The lowest BCUT2D eigenvalue weighted by Gasteiger charge is -2.09. The number of carbonyl (C=O) groups excluding carboxylic acids is 1. The number of aromatic nitrogens is 2. The molecule has 0 aliphatic carbocycles. The van der Waals surface area contributed by atoms with E-state index in [2.05, 4.69) is 10.6 Å². The molecule has 1 aromatic rings. The summed E-state index contributed by atoms with van der Waals surface area (Å²) in [5.41, 5.74) is 3.37. The number of carbonyl (C=O) groups is 1. The number of nitrogens with one attached hydrogen (secondary N) is 1. The molecule has 1 atom stereocenters. The van der Waals surface area contributed by atoms with Crippen LogP contribution >= 0.6 is 0 Å². The molecule has 1 aromatic heterocycles. The number of hydrogen-bond acceptors (Lipinski definition) is 4. The van der Waals surface area contributed by atoms with E-state index >= 15 is 0 Å². The van der Waals surface area contributed by atoms with Crippen LogP contribution in [-0.4, -0.2) is 35.5 Å². The van der Waals surface area contributed by atoms with E-state index in [0.717, 1.165) is 18.7 Å². The zero-order valence-electron chi connectivity index (χ0n) is 9.89. The molecule has 2 heterocycles. The van der Waals surface area contributed by atoms with Crippen LogP contribution in [0.1, 0.15) is 12.1 Å². The Hall–Kier alpha value is -1.40. The fourth-order valence-corrected chi connectivity index (χ4v) is 1.69. The van der Waals surface area contributed by atoms with Gasteiger partial charge in [-0.2, -0.15) is 5.10 Å². The molecule has 2 rings (SSSR count). The highest BCUT2D eigenvalue weighted by Crippen LogP contribution is 2.11. The normalized spacial score (nSPS) is 19.5. The molecule has 0 saturated carbocycles. The highest BCUT2D eigenvalue weighted by atomic mass is 16.7. The van der Waals surface area contributed by atoms with Gasteiger partial charge in [0.15, 0.2) is 0 Å². The van der Waals surface area contributed by atoms with Gasteiger partial charge in [-0.05, 0) is 19.4 Å². The number of amides is 1. The molecule has 1 aliphatic rings. The van der Waals surface area contributed by atoms with Crippen LogP contribution in [0.3, 0.4) is 0 Å². The van der Waals surface area contributed by atoms with Crippen molar-refractivity contribution in [1.29, 1.82) is 0 Å². The molecule has 1 N–H and O–H groups in total. The summed E-state index contributed by atoms with van der Waals surface area (Å²) >= 11 is 0. The molecular formula is C11H17N3O3. The van der Waals surface area contributed by atoms with Gasteiger partial charge in [-0.25, -0.2) is 5.48 Å². The Bertz CT molecular complexity index is 372. The Morgan fingerprint density at radius 2 is 2.65 bits per heavy atom. The van der Waals surface area contributed by atoms with E-state index in [1.165, 1.54) is 0 Å². The highest BCUT2D eigenvalue weighted by Gasteiger charge is 2.16. The lowest BCUT2D eigenvalue weighted by molar-refractivity contribution is -0.135. The van der Waals surface area contributed by atoms with Crippen molar-refractivity contribution in [3.05, 3.63) is 18.0 Å². The van der Waals surface area contributed by atoms with Crippen LogP contribution in [0.5, 0.6) is 0 Å². The van der Waals surface area contributed by atoms with Gasteiger partial charge in [0.25, 0.3) is 5.91 Å². The first-order valence-electron chi connectivity index (χ1n) is 5.72. The van der Waals surface area contributed by atoms with Crippen molar-refractivity contribution in [2.45, 2.75) is 19.9 Å². The van der Waals surface area contributed by atoms with Crippen LogP contribution in [0.15, 0.2) is 12.3 Å². The van der Waals surface area contributed by atoms with Crippen LogP contribution < -0.4 is 5.48 Å². The van der Waals surface area contributed by atoms with E-state index in [0.29, 0.717) is 19.1 Å². The fourth-order valence-electron chi connectivity index (χ4n) is 1.69. The maximum atomic E-state index is 11.5. The Labute approximate surface area is 99.8 Å². The molecule has 0 aromatic carbocycles. The van der Waals surface area contributed by atoms with E-state index in [1.807, 2.05) is 13.0 Å². The fraction of sp³-hybridized carbons (Fsp3) is 0.636. The minimum absolute atomic E-state index is 0.181. The van der Waals surface area contributed by atoms with E-state index in [4.69, 9.17) is 9.57 Å². The molecule has 1 unspecified atom stereocenters. The SMILES string of the molecule is Cc1ccnn1CC(=O)NOCC1CCOC1. The van der Waals surface area contributed by atoms with Crippen molar-refractivity contribution in [3.63, 3.8) is 0 Å². The number of rotatable bonds is 5. The molecule has 0 bridgehead atoms. The predicted octanol–water partition coefficient (Wildman–Crippen LogP) is 0.276. The summed E-state index contributed by atoms with van der Waals surface area (Å²) < 4.78 is 6.83. The first-order chi connectivity index (χ1) is 8.25. The van der Waals surface area contributed by atoms with Gasteiger partial charge in [0.1, 0.15) is 6.54 Å². The number of hydrogen-bond donors (Lipinski definition) is 1. The van der Waals surface area contributed by atoms with Crippen LogP contribution in [-0.2, 0) is 20.9 Å². The maximum absolute atomic E-state index is 11.5. The molecule has 1 saturated heterocycles. The first-order valence-corrected chi connectivity index (χ1v) is 5.72. The standard InChI is InChI=1S/C11H17N3O3/c1-9-2-4-12-14(9)6-11(15)13-17-8-10-3-5-16-7-10/h2,4,10H,3,5-8H2,1H3,(H,13,15). The molecular weight excluding hydrogens is 222 g/mol. The number of nitrogens with zero attached hydrogens (tertiary/aromatic N) is 2. The molecule has 1 fully saturated rings. The maximum Gasteiger partial charge on any atom is 0.265 e. The summed E-state index contributed by atoms with van der Waals surface area (Å²) in [5.74, 6) is 0.192. The van der Waals surface area contributed by atoms with Crippen LogP contribution in [0.4, 0.5) is 0 Å². The summed E-state index contributed by atoms with van der Waals surface area (Å²) in [7, 11) is 0. The summed E-state index contributed by atoms with van der Waals surface area (Å²) in [6, 6.07) is 1.85. The second-order valence-corrected chi connectivity index (χ2v) is 4.20. The minimum Gasteiger partial charge on any atom is -0.381 e. The van der Waals surface area contributed by atoms with Crippen LogP contribution in [0.25, 0.3) is 0 Å². The van der Waals surface area contributed by atoms with E-state index in [1.54, 1.807) is 10.9 Å². The van der Waals surface area contributed by atoms with Crippen molar-refractivity contribution >= 4 is 5.91 Å².